The molecule has 2 amide bonds. The van der Waals surface area contributed by atoms with Crippen LogP contribution in [-0.4, -0.2) is 24.1 Å². The van der Waals surface area contributed by atoms with E-state index in [-0.39, 0.29) is 12.1 Å². The van der Waals surface area contributed by atoms with Crippen LogP contribution in [0.1, 0.15) is 24.5 Å². The fraction of sp³-hybridized carbons (Fsp3) is 0.333. The number of carbonyl (C=O) groups excluding carboxylic acids is 1. The SMILES string of the molecule is Cc1ccc(C(C)NC(=O)NCCNc2ccccn2)o1. The summed E-state index contributed by atoms with van der Waals surface area (Å²) >= 11 is 0. The molecule has 2 aromatic rings. The van der Waals surface area contributed by atoms with Crippen molar-refractivity contribution in [2.45, 2.75) is 19.9 Å². The second-order valence-electron chi connectivity index (χ2n) is 4.71. The molecule has 0 saturated heterocycles. The fourth-order valence-corrected chi connectivity index (χ4v) is 1.84. The van der Waals surface area contributed by atoms with Crippen molar-refractivity contribution < 1.29 is 9.21 Å². The third kappa shape index (κ3) is 4.83. The molecule has 0 saturated carbocycles. The van der Waals surface area contributed by atoms with Gasteiger partial charge in [-0.2, -0.15) is 0 Å². The highest BCUT2D eigenvalue weighted by Gasteiger charge is 2.11. The molecule has 2 rings (SSSR count). The molecule has 0 aliphatic heterocycles. The second-order valence-corrected chi connectivity index (χ2v) is 4.71. The third-order valence-corrected chi connectivity index (χ3v) is 2.92. The lowest BCUT2D eigenvalue weighted by atomic mass is 10.2. The first-order chi connectivity index (χ1) is 10.1. The summed E-state index contributed by atoms with van der Waals surface area (Å²) in [4.78, 5) is 15.9. The number of aryl methyl sites for hydroxylation is 1. The summed E-state index contributed by atoms with van der Waals surface area (Å²) in [5.74, 6) is 2.37. The van der Waals surface area contributed by atoms with E-state index in [4.69, 9.17) is 4.42 Å². The molecule has 6 heteroatoms. The number of nitrogens with zero attached hydrogens (tertiary/aromatic N) is 1. The van der Waals surface area contributed by atoms with Crippen molar-refractivity contribution in [3.63, 3.8) is 0 Å². The highest BCUT2D eigenvalue weighted by Crippen LogP contribution is 2.15. The van der Waals surface area contributed by atoms with Crippen molar-refractivity contribution in [3.05, 3.63) is 48.0 Å². The number of nitrogens with one attached hydrogen (secondary N) is 3. The Balaban J connectivity index is 1.65. The lowest BCUT2D eigenvalue weighted by Crippen LogP contribution is -2.39. The minimum atomic E-state index is -0.223. The molecule has 0 aliphatic carbocycles. The number of anilines is 1. The maximum atomic E-state index is 11.7. The zero-order chi connectivity index (χ0) is 15.1. The van der Waals surface area contributed by atoms with Gasteiger partial charge >= 0.3 is 6.03 Å². The Morgan fingerprint density at radius 3 is 2.81 bits per heavy atom. The Kier molecular flexibility index (Phi) is 5.20. The van der Waals surface area contributed by atoms with Gasteiger partial charge in [0.05, 0.1) is 6.04 Å². The van der Waals surface area contributed by atoms with Crippen LogP contribution in [0.15, 0.2) is 40.9 Å². The standard InChI is InChI=1S/C15H20N4O2/c1-11-6-7-13(21-11)12(2)19-15(20)18-10-9-17-14-5-3-4-8-16-14/h3-8,12H,9-10H2,1-2H3,(H,16,17)(H2,18,19,20). The summed E-state index contributed by atoms with van der Waals surface area (Å²) in [6.07, 6.45) is 1.72. The van der Waals surface area contributed by atoms with E-state index >= 15 is 0 Å². The number of rotatable bonds is 6. The summed E-state index contributed by atoms with van der Waals surface area (Å²) in [6, 6.07) is 8.99. The quantitative estimate of drug-likeness (QED) is 0.713. The Labute approximate surface area is 124 Å². The molecule has 6 nitrogen and oxygen atoms in total. The number of carbonyl (C=O) groups is 1. The maximum Gasteiger partial charge on any atom is 0.315 e. The van der Waals surface area contributed by atoms with Gasteiger partial charge in [0, 0.05) is 19.3 Å². The molecule has 0 aromatic carbocycles. The van der Waals surface area contributed by atoms with Crippen molar-refractivity contribution in [1.29, 1.82) is 0 Å². The van der Waals surface area contributed by atoms with Crippen LogP contribution in [0.25, 0.3) is 0 Å². The number of urea groups is 1. The highest BCUT2D eigenvalue weighted by atomic mass is 16.3. The molecule has 2 heterocycles. The minimum Gasteiger partial charge on any atom is -0.464 e. The molecule has 3 N–H and O–H groups in total. The predicted octanol–water partition coefficient (Wildman–Crippen LogP) is 2.46. The van der Waals surface area contributed by atoms with Gasteiger partial charge in [-0.15, -0.1) is 0 Å². The Bertz CT molecular complexity index is 568. The van der Waals surface area contributed by atoms with E-state index < -0.39 is 0 Å². The van der Waals surface area contributed by atoms with Crippen molar-refractivity contribution in [3.8, 4) is 0 Å². The van der Waals surface area contributed by atoms with Crippen molar-refractivity contribution in [2.24, 2.45) is 0 Å². The Morgan fingerprint density at radius 2 is 2.14 bits per heavy atom. The molecular formula is C15H20N4O2. The first kappa shape index (κ1) is 14.9. The molecule has 0 spiro atoms. The van der Waals surface area contributed by atoms with E-state index in [1.807, 2.05) is 44.2 Å². The predicted molar refractivity (Wildman–Crippen MR) is 81.1 cm³/mol. The van der Waals surface area contributed by atoms with Crippen LogP contribution in [0.3, 0.4) is 0 Å². The molecule has 112 valence electrons. The van der Waals surface area contributed by atoms with Crippen molar-refractivity contribution >= 4 is 11.8 Å². The molecule has 1 atom stereocenters. The zero-order valence-electron chi connectivity index (χ0n) is 12.2. The number of hydrogen-bond donors (Lipinski definition) is 3. The van der Waals surface area contributed by atoms with Crippen molar-refractivity contribution in [1.82, 2.24) is 15.6 Å². The summed E-state index contributed by atoms with van der Waals surface area (Å²) in [5, 5.41) is 8.72. The third-order valence-electron chi connectivity index (χ3n) is 2.92. The average Bonchev–Trinajstić information content (AvgIpc) is 2.91. The largest absolute Gasteiger partial charge is 0.464 e. The van der Waals surface area contributed by atoms with E-state index in [0.29, 0.717) is 13.1 Å². The molecule has 1 unspecified atom stereocenters. The molecule has 0 fully saturated rings. The first-order valence-corrected chi connectivity index (χ1v) is 6.91. The number of hydrogen-bond acceptors (Lipinski definition) is 4. The van der Waals surface area contributed by atoms with Gasteiger partial charge in [-0.1, -0.05) is 6.07 Å². The van der Waals surface area contributed by atoms with Crippen LogP contribution in [0.2, 0.25) is 0 Å². The summed E-state index contributed by atoms with van der Waals surface area (Å²) in [5.41, 5.74) is 0. The van der Waals surface area contributed by atoms with E-state index in [2.05, 4.69) is 20.9 Å². The van der Waals surface area contributed by atoms with E-state index in [1.165, 1.54) is 0 Å². The van der Waals surface area contributed by atoms with Crippen LogP contribution < -0.4 is 16.0 Å². The topological polar surface area (TPSA) is 79.2 Å². The minimum absolute atomic E-state index is 0.164. The van der Waals surface area contributed by atoms with Crippen LogP contribution in [0, 0.1) is 6.92 Å². The van der Waals surface area contributed by atoms with E-state index in [0.717, 1.165) is 17.3 Å². The number of aromatic nitrogens is 1. The van der Waals surface area contributed by atoms with Gasteiger partial charge in [0.1, 0.15) is 17.3 Å². The van der Waals surface area contributed by atoms with Gasteiger partial charge in [-0.3, -0.25) is 0 Å². The number of furan rings is 1. The van der Waals surface area contributed by atoms with Gasteiger partial charge in [-0.25, -0.2) is 9.78 Å². The van der Waals surface area contributed by atoms with Crippen LogP contribution >= 0.6 is 0 Å². The zero-order valence-corrected chi connectivity index (χ0v) is 12.2. The summed E-state index contributed by atoms with van der Waals surface area (Å²) in [6.45, 7) is 4.87. The smallest absolute Gasteiger partial charge is 0.315 e. The molecular weight excluding hydrogens is 268 g/mol. The van der Waals surface area contributed by atoms with Crippen LogP contribution in [0.5, 0.6) is 0 Å². The normalized spacial score (nSPS) is 11.7. The summed E-state index contributed by atoms with van der Waals surface area (Å²) < 4.78 is 5.47. The number of amides is 2. The maximum absolute atomic E-state index is 11.7. The van der Waals surface area contributed by atoms with Crippen LogP contribution in [0.4, 0.5) is 10.6 Å². The Hall–Kier alpha value is -2.50. The average molecular weight is 288 g/mol. The molecule has 2 aromatic heterocycles. The van der Waals surface area contributed by atoms with E-state index in [9.17, 15) is 4.79 Å². The lowest BCUT2D eigenvalue weighted by molar-refractivity contribution is 0.236. The highest BCUT2D eigenvalue weighted by molar-refractivity contribution is 5.74. The van der Waals surface area contributed by atoms with Gasteiger partial charge in [-0.05, 0) is 38.1 Å². The molecule has 0 aliphatic rings. The van der Waals surface area contributed by atoms with Gasteiger partial charge in [0.25, 0.3) is 0 Å². The summed E-state index contributed by atoms with van der Waals surface area (Å²) in [7, 11) is 0. The van der Waals surface area contributed by atoms with E-state index in [1.54, 1.807) is 6.20 Å². The molecule has 0 radical (unpaired) electrons. The molecule has 21 heavy (non-hydrogen) atoms. The first-order valence-electron chi connectivity index (χ1n) is 6.91. The van der Waals surface area contributed by atoms with Gasteiger partial charge in [0.2, 0.25) is 0 Å². The van der Waals surface area contributed by atoms with Gasteiger partial charge in [0.15, 0.2) is 0 Å². The lowest BCUT2D eigenvalue weighted by Gasteiger charge is -2.13. The fourth-order valence-electron chi connectivity index (χ4n) is 1.84. The monoisotopic (exact) mass is 288 g/mol. The number of pyridine rings is 1. The van der Waals surface area contributed by atoms with Crippen molar-refractivity contribution in [2.75, 3.05) is 18.4 Å². The molecule has 0 bridgehead atoms. The van der Waals surface area contributed by atoms with Gasteiger partial charge < -0.3 is 20.4 Å². The van der Waals surface area contributed by atoms with Crippen LogP contribution in [-0.2, 0) is 0 Å². The Morgan fingerprint density at radius 1 is 1.29 bits per heavy atom. The second kappa shape index (κ2) is 7.33.